The van der Waals surface area contributed by atoms with Crippen LogP contribution in [0.5, 0.6) is 0 Å². The van der Waals surface area contributed by atoms with E-state index in [-0.39, 0.29) is 0 Å². The number of aliphatic imine (C=N–C) groups is 2. The molecule has 1 aliphatic heterocycles. The standard InChI is InChI=1S/C17H21N5O/c1-19-16-14(17(20-2)22-7-9-23-10-8-22)11-15(21-16)12-3-5-13(18)6-4-12/h3-6,11,21H,1,7-10,18H2,2H3/b20-17+. The summed E-state index contributed by atoms with van der Waals surface area (Å²) in [7, 11) is 1.80. The van der Waals surface area contributed by atoms with E-state index in [0.29, 0.717) is 13.2 Å². The van der Waals surface area contributed by atoms with E-state index in [0.717, 1.165) is 47.3 Å². The lowest BCUT2D eigenvalue weighted by molar-refractivity contribution is 0.0682. The van der Waals surface area contributed by atoms with Crippen LogP contribution in [0.3, 0.4) is 0 Å². The second-order valence-electron chi connectivity index (χ2n) is 5.37. The second-order valence-corrected chi connectivity index (χ2v) is 5.37. The highest BCUT2D eigenvalue weighted by molar-refractivity contribution is 6.04. The number of ether oxygens (including phenoxy) is 1. The Morgan fingerprint density at radius 1 is 1.26 bits per heavy atom. The van der Waals surface area contributed by atoms with Crippen molar-refractivity contribution in [3.63, 3.8) is 0 Å². The van der Waals surface area contributed by atoms with Crippen LogP contribution in [0.4, 0.5) is 11.5 Å². The predicted molar refractivity (Wildman–Crippen MR) is 94.7 cm³/mol. The summed E-state index contributed by atoms with van der Waals surface area (Å²) in [5.74, 6) is 1.64. The number of hydrogen-bond acceptors (Lipinski definition) is 4. The van der Waals surface area contributed by atoms with Gasteiger partial charge in [-0.05, 0) is 30.5 Å². The van der Waals surface area contributed by atoms with Gasteiger partial charge in [0, 0.05) is 31.5 Å². The van der Waals surface area contributed by atoms with Crippen LogP contribution in [0.15, 0.2) is 40.3 Å². The van der Waals surface area contributed by atoms with Gasteiger partial charge in [0.05, 0.1) is 18.8 Å². The number of hydrogen-bond donors (Lipinski definition) is 2. The number of aromatic nitrogens is 1. The van der Waals surface area contributed by atoms with Crippen LogP contribution in [0, 0.1) is 0 Å². The Bertz CT molecular complexity index is 711. The molecule has 0 atom stereocenters. The Labute approximate surface area is 135 Å². The lowest BCUT2D eigenvalue weighted by atomic mass is 10.1. The summed E-state index contributed by atoms with van der Waals surface area (Å²) in [5.41, 5.74) is 9.47. The fourth-order valence-electron chi connectivity index (χ4n) is 2.76. The van der Waals surface area contributed by atoms with Gasteiger partial charge in [-0.15, -0.1) is 0 Å². The van der Waals surface area contributed by atoms with Gasteiger partial charge >= 0.3 is 0 Å². The topological polar surface area (TPSA) is 79.0 Å². The van der Waals surface area contributed by atoms with E-state index in [9.17, 15) is 0 Å². The predicted octanol–water partition coefficient (Wildman–Crippen LogP) is 2.30. The zero-order chi connectivity index (χ0) is 16.2. The van der Waals surface area contributed by atoms with Crippen LogP contribution >= 0.6 is 0 Å². The zero-order valence-corrected chi connectivity index (χ0v) is 13.2. The Hall–Kier alpha value is -2.60. The van der Waals surface area contributed by atoms with Crippen molar-refractivity contribution in [1.82, 2.24) is 9.88 Å². The van der Waals surface area contributed by atoms with Crippen molar-refractivity contribution in [2.75, 3.05) is 39.1 Å². The van der Waals surface area contributed by atoms with E-state index in [1.54, 1.807) is 7.05 Å². The van der Waals surface area contributed by atoms with Gasteiger partial charge in [0.15, 0.2) is 0 Å². The van der Waals surface area contributed by atoms with Crippen molar-refractivity contribution in [1.29, 1.82) is 0 Å². The largest absolute Gasteiger partial charge is 0.399 e. The molecule has 23 heavy (non-hydrogen) atoms. The summed E-state index contributed by atoms with van der Waals surface area (Å²) >= 11 is 0. The highest BCUT2D eigenvalue weighted by Gasteiger charge is 2.21. The summed E-state index contributed by atoms with van der Waals surface area (Å²) in [4.78, 5) is 14.1. The van der Waals surface area contributed by atoms with Crippen molar-refractivity contribution in [2.45, 2.75) is 0 Å². The summed E-state index contributed by atoms with van der Waals surface area (Å²) in [6, 6.07) is 9.79. The molecule has 2 heterocycles. The average Bonchev–Trinajstić information content (AvgIpc) is 3.01. The molecule has 1 fully saturated rings. The molecular formula is C17H21N5O. The third-order valence-electron chi connectivity index (χ3n) is 3.94. The number of nitrogens with two attached hydrogens (primary N) is 1. The first-order valence-electron chi connectivity index (χ1n) is 7.58. The van der Waals surface area contributed by atoms with Gasteiger partial charge in [-0.2, -0.15) is 0 Å². The molecule has 1 aromatic heterocycles. The van der Waals surface area contributed by atoms with Crippen molar-refractivity contribution < 1.29 is 4.74 Å². The minimum Gasteiger partial charge on any atom is -0.399 e. The minimum atomic E-state index is 0.713. The number of morpholine rings is 1. The van der Waals surface area contributed by atoms with Crippen LogP contribution in [0.1, 0.15) is 5.56 Å². The van der Waals surface area contributed by atoms with E-state index in [1.807, 2.05) is 24.3 Å². The fraction of sp³-hybridized carbons (Fsp3) is 0.294. The molecule has 3 rings (SSSR count). The molecule has 1 aliphatic rings. The van der Waals surface area contributed by atoms with Crippen LogP contribution in [-0.2, 0) is 4.74 Å². The first kappa shape index (κ1) is 15.3. The van der Waals surface area contributed by atoms with Crippen LogP contribution in [0.25, 0.3) is 11.3 Å². The monoisotopic (exact) mass is 311 g/mol. The third-order valence-corrected chi connectivity index (χ3v) is 3.94. The van der Waals surface area contributed by atoms with E-state index < -0.39 is 0 Å². The molecule has 0 radical (unpaired) electrons. The van der Waals surface area contributed by atoms with Crippen molar-refractivity contribution in [3.8, 4) is 11.3 Å². The molecule has 1 aromatic carbocycles. The number of nitrogens with zero attached hydrogens (tertiary/aromatic N) is 3. The van der Waals surface area contributed by atoms with Gasteiger partial charge in [0.25, 0.3) is 0 Å². The number of aromatic amines is 1. The summed E-state index contributed by atoms with van der Waals surface area (Å²) in [5, 5.41) is 0. The molecule has 3 N–H and O–H groups in total. The van der Waals surface area contributed by atoms with E-state index >= 15 is 0 Å². The number of rotatable bonds is 3. The van der Waals surface area contributed by atoms with Gasteiger partial charge in [-0.25, -0.2) is 4.99 Å². The molecule has 0 unspecified atom stereocenters. The number of nitrogens with one attached hydrogen (secondary N) is 1. The molecule has 6 heteroatoms. The van der Waals surface area contributed by atoms with Gasteiger partial charge < -0.3 is 20.4 Å². The zero-order valence-electron chi connectivity index (χ0n) is 13.2. The van der Waals surface area contributed by atoms with Crippen LogP contribution in [-0.4, -0.2) is 55.8 Å². The lowest BCUT2D eigenvalue weighted by Gasteiger charge is -2.29. The molecule has 0 aliphatic carbocycles. The average molecular weight is 311 g/mol. The minimum absolute atomic E-state index is 0.713. The number of nitrogen functional groups attached to an aromatic ring is 1. The number of amidine groups is 1. The Morgan fingerprint density at radius 3 is 2.57 bits per heavy atom. The van der Waals surface area contributed by atoms with Gasteiger partial charge in [-0.1, -0.05) is 12.1 Å². The van der Waals surface area contributed by atoms with E-state index in [1.165, 1.54) is 0 Å². The number of benzene rings is 1. The molecule has 0 bridgehead atoms. The summed E-state index contributed by atoms with van der Waals surface area (Å²) in [6.07, 6.45) is 0. The third kappa shape index (κ3) is 3.12. The van der Waals surface area contributed by atoms with Gasteiger partial charge in [0.2, 0.25) is 0 Å². The molecule has 6 nitrogen and oxygen atoms in total. The van der Waals surface area contributed by atoms with Crippen LogP contribution < -0.4 is 5.73 Å². The first-order chi connectivity index (χ1) is 11.2. The van der Waals surface area contributed by atoms with Crippen molar-refractivity contribution in [2.24, 2.45) is 9.98 Å². The second kappa shape index (κ2) is 6.66. The first-order valence-corrected chi connectivity index (χ1v) is 7.58. The maximum Gasteiger partial charge on any atom is 0.140 e. The maximum absolute atomic E-state index is 5.76. The lowest BCUT2D eigenvalue weighted by Crippen LogP contribution is -2.41. The van der Waals surface area contributed by atoms with Crippen molar-refractivity contribution >= 4 is 24.1 Å². The molecule has 2 aromatic rings. The van der Waals surface area contributed by atoms with Gasteiger partial charge in [0.1, 0.15) is 11.7 Å². The summed E-state index contributed by atoms with van der Waals surface area (Å²) < 4.78 is 5.42. The van der Waals surface area contributed by atoms with E-state index in [2.05, 4.69) is 32.7 Å². The van der Waals surface area contributed by atoms with E-state index in [4.69, 9.17) is 10.5 Å². The van der Waals surface area contributed by atoms with Crippen LogP contribution in [0.2, 0.25) is 0 Å². The number of H-pyrrole nitrogens is 1. The SMILES string of the molecule is C=Nc1[nH]c(-c2ccc(N)cc2)cc1/C(=N\C)N1CCOCC1. The molecule has 0 amide bonds. The molecule has 0 saturated carbocycles. The molecule has 0 spiro atoms. The molecule has 1 saturated heterocycles. The quantitative estimate of drug-likeness (QED) is 0.518. The smallest absolute Gasteiger partial charge is 0.140 e. The van der Waals surface area contributed by atoms with Gasteiger partial charge in [-0.3, -0.25) is 4.99 Å². The molecular weight excluding hydrogens is 290 g/mol. The van der Waals surface area contributed by atoms with Crippen molar-refractivity contribution in [3.05, 3.63) is 35.9 Å². The summed E-state index contributed by atoms with van der Waals surface area (Å²) in [6.45, 7) is 6.75. The Kier molecular flexibility index (Phi) is 4.43. The Balaban J connectivity index is 1.98. The maximum atomic E-state index is 5.76. The number of anilines is 1. The fourth-order valence-corrected chi connectivity index (χ4v) is 2.76. The normalized spacial score (nSPS) is 15.7. The Morgan fingerprint density at radius 2 is 1.96 bits per heavy atom. The highest BCUT2D eigenvalue weighted by atomic mass is 16.5. The highest BCUT2D eigenvalue weighted by Crippen LogP contribution is 2.28. The molecule has 120 valence electrons.